The van der Waals surface area contributed by atoms with E-state index < -0.39 is 29.7 Å². The molecule has 0 heterocycles. The van der Waals surface area contributed by atoms with Crippen molar-refractivity contribution in [2.75, 3.05) is 19.5 Å². The van der Waals surface area contributed by atoms with E-state index in [0.717, 1.165) is 0 Å². The van der Waals surface area contributed by atoms with Crippen LogP contribution in [0.4, 0.5) is 10.5 Å². The smallest absolute Gasteiger partial charge is 0.408 e. The molecule has 0 spiro atoms. The van der Waals surface area contributed by atoms with Crippen molar-refractivity contribution in [3.8, 4) is 5.75 Å². The molecule has 1 atom stereocenters. The number of alkyl carbamates (subject to hydrolysis) is 1. The van der Waals surface area contributed by atoms with E-state index in [0.29, 0.717) is 0 Å². The van der Waals surface area contributed by atoms with Gasteiger partial charge >= 0.3 is 18.0 Å². The molecule has 0 aliphatic heterocycles. The fraction of sp³-hybridized carbons (Fsp3) is 0.438. The average Bonchev–Trinajstić information content (AvgIpc) is 2.49. The number of nitrogens with one attached hydrogen (secondary N) is 1. The molecular weight excluding hydrogens is 332 g/mol. The molecule has 0 aromatic heterocycles. The molecular formula is C16H22N2O7. The molecule has 9 nitrogen and oxygen atoms in total. The Hall–Kier alpha value is -2.97. The molecule has 0 saturated carbocycles. The number of carbonyl (C=O) groups excluding carboxylic acids is 2. The van der Waals surface area contributed by atoms with Gasteiger partial charge in [-0.2, -0.15) is 0 Å². The number of methoxy groups -OCH3 is 1. The molecule has 0 bridgehead atoms. The summed E-state index contributed by atoms with van der Waals surface area (Å²) in [5.41, 5.74) is 5.37. The molecule has 1 amide bonds. The monoisotopic (exact) mass is 354 g/mol. The van der Waals surface area contributed by atoms with Gasteiger partial charge in [0.1, 0.15) is 18.0 Å². The highest BCUT2D eigenvalue weighted by atomic mass is 16.6. The van der Waals surface area contributed by atoms with Gasteiger partial charge in [0.25, 0.3) is 0 Å². The summed E-state index contributed by atoms with van der Waals surface area (Å²) in [6, 6.07) is 2.84. The maximum Gasteiger partial charge on any atom is 0.408 e. The molecule has 25 heavy (non-hydrogen) atoms. The lowest BCUT2D eigenvalue weighted by Gasteiger charge is -2.22. The van der Waals surface area contributed by atoms with Gasteiger partial charge in [0.05, 0.1) is 18.4 Å². The van der Waals surface area contributed by atoms with Crippen LogP contribution in [0.25, 0.3) is 0 Å². The number of ether oxygens (including phenoxy) is 3. The van der Waals surface area contributed by atoms with Gasteiger partial charge in [-0.1, -0.05) is 0 Å². The van der Waals surface area contributed by atoms with Crippen LogP contribution in [-0.2, 0) is 14.3 Å². The second-order valence-electron chi connectivity index (χ2n) is 6.09. The first kappa shape index (κ1) is 20.1. The second kappa shape index (κ2) is 8.22. The van der Waals surface area contributed by atoms with Gasteiger partial charge < -0.3 is 30.4 Å². The molecule has 1 aromatic carbocycles. The van der Waals surface area contributed by atoms with Gasteiger partial charge in [0, 0.05) is 0 Å². The number of nitrogen functional groups attached to an aromatic ring is 1. The third-order valence-electron chi connectivity index (χ3n) is 2.83. The fourth-order valence-electron chi connectivity index (χ4n) is 1.72. The maximum atomic E-state index is 11.7. The molecule has 0 saturated heterocycles. The minimum absolute atomic E-state index is 0.129. The van der Waals surface area contributed by atoms with E-state index >= 15 is 0 Å². The average molecular weight is 354 g/mol. The number of aliphatic carboxylic acids is 1. The molecule has 0 aliphatic carbocycles. The van der Waals surface area contributed by atoms with E-state index in [1.165, 1.54) is 25.3 Å². The van der Waals surface area contributed by atoms with Crippen LogP contribution in [0.1, 0.15) is 31.1 Å². The van der Waals surface area contributed by atoms with Gasteiger partial charge in [-0.15, -0.1) is 0 Å². The van der Waals surface area contributed by atoms with Crippen LogP contribution < -0.4 is 15.8 Å². The SMILES string of the molecule is COC(=O)c1ccc(OC[C@H](NC(=O)OC(C)(C)C)C(=O)O)c(N)c1. The second-order valence-corrected chi connectivity index (χ2v) is 6.09. The highest BCUT2D eigenvalue weighted by Crippen LogP contribution is 2.23. The number of benzene rings is 1. The zero-order valence-electron chi connectivity index (χ0n) is 14.5. The highest BCUT2D eigenvalue weighted by molar-refractivity contribution is 5.90. The topological polar surface area (TPSA) is 137 Å². The van der Waals surface area contributed by atoms with E-state index in [9.17, 15) is 19.5 Å². The van der Waals surface area contributed by atoms with Crippen LogP contribution in [-0.4, -0.2) is 48.5 Å². The number of carbonyl (C=O) groups is 3. The number of carboxylic acids is 1. The molecule has 138 valence electrons. The minimum Gasteiger partial charge on any atom is -0.489 e. The third-order valence-corrected chi connectivity index (χ3v) is 2.83. The van der Waals surface area contributed by atoms with E-state index in [-0.39, 0.29) is 23.6 Å². The molecule has 0 aliphatic rings. The Morgan fingerprint density at radius 2 is 1.92 bits per heavy atom. The van der Waals surface area contributed by atoms with Crippen LogP contribution in [0.2, 0.25) is 0 Å². The lowest BCUT2D eigenvalue weighted by Crippen LogP contribution is -2.46. The van der Waals surface area contributed by atoms with E-state index in [1.54, 1.807) is 20.8 Å². The number of hydrogen-bond acceptors (Lipinski definition) is 7. The molecule has 1 rings (SSSR count). The van der Waals surface area contributed by atoms with Crippen LogP contribution in [0.15, 0.2) is 18.2 Å². The number of amides is 1. The first-order chi connectivity index (χ1) is 11.5. The summed E-state index contributed by atoms with van der Waals surface area (Å²) in [5, 5.41) is 11.4. The Kier molecular flexibility index (Phi) is 6.60. The summed E-state index contributed by atoms with van der Waals surface area (Å²) < 4.78 is 14.9. The predicted octanol–water partition coefficient (Wildman–Crippen LogP) is 1.41. The first-order valence-electron chi connectivity index (χ1n) is 7.36. The Morgan fingerprint density at radius 3 is 2.40 bits per heavy atom. The van der Waals surface area contributed by atoms with Crippen molar-refractivity contribution in [3.63, 3.8) is 0 Å². The standard InChI is InChI=1S/C16H22N2O7/c1-16(2,3)25-15(22)18-11(13(19)20)8-24-12-6-5-9(7-10(12)17)14(21)23-4/h5-7,11H,8,17H2,1-4H3,(H,18,22)(H,19,20)/t11-/m0/s1. The summed E-state index contributed by atoms with van der Waals surface area (Å²) in [6.07, 6.45) is -0.877. The Balaban J connectivity index is 2.73. The number of anilines is 1. The van der Waals surface area contributed by atoms with Gasteiger partial charge in [0.2, 0.25) is 0 Å². The lowest BCUT2D eigenvalue weighted by molar-refractivity contribution is -0.140. The van der Waals surface area contributed by atoms with Crippen LogP contribution >= 0.6 is 0 Å². The minimum atomic E-state index is -1.34. The van der Waals surface area contributed by atoms with Gasteiger partial charge in [-0.25, -0.2) is 14.4 Å². The molecule has 4 N–H and O–H groups in total. The van der Waals surface area contributed by atoms with Gasteiger partial charge in [0.15, 0.2) is 6.04 Å². The summed E-state index contributed by atoms with van der Waals surface area (Å²) >= 11 is 0. The number of hydrogen-bond donors (Lipinski definition) is 3. The Labute approximate surface area is 145 Å². The molecule has 0 fully saturated rings. The highest BCUT2D eigenvalue weighted by Gasteiger charge is 2.25. The van der Waals surface area contributed by atoms with E-state index in [1.807, 2.05) is 0 Å². The first-order valence-corrected chi connectivity index (χ1v) is 7.36. The zero-order chi connectivity index (χ0) is 19.2. The summed E-state index contributed by atoms with van der Waals surface area (Å²) in [6.45, 7) is 4.59. The molecule has 9 heteroatoms. The van der Waals surface area contributed by atoms with Crippen molar-refractivity contribution in [3.05, 3.63) is 23.8 Å². The van der Waals surface area contributed by atoms with Gasteiger partial charge in [-0.05, 0) is 39.0 Å². The summed E-state index contributed by atoms with van der Waals surface area (Å²) in [7, 11) is 1.24. The van der Waals surface area contributed by atoms with Crippen molar-refractivity contribution < 1.29 is 33.7 Å². The summed E-state index contributed by atoms with van der Waals surface area (Å²) in [5.74, 6) is -1.69. The van der Waals surface area contributed by atoms with Crippen molar-refractivity contribution in [2.24, 2.45) is 0 Å². The third kappa shape index (κ3) is 6.58. The van der Waals surface area contributed by atoms with Crippen LogP contribution in [0.5, 0.6) is 5.75 Å². The maximum absolute atomic E-state index is 11.7. The largest absolute Gasteiger partial charge is 0.489 e. The zero-order valence-corrected chi connectivity index (χ0v) is 14.5. The predicted molar refractivity (Wildman–Crippen MR) is 88.5 cm³/mol. The van der Waals surface area contributed by atoms with E-state index in [2.05, 4.69) is 10.1 Å². The molecule has 0 radical (unpaired) electrons. The molecule has 1 aromatic rings. The van der Waals surface area contributed by atoms with Crippen LogP contribution in [0, 0.1) is 0 Å². The Bertz CT molecular complexity index is 652. The lowest BCUT2D eigenvalue weighted by atomic mass is 10.2. The number of esters is 1. The fourth-order valence-corrected chi connectivity index (χ4v) is 1.72. The van der Waals surface area contributed by atoms with E-state index in [4.69, 9.17) is 15.2 Å². The quantitative estimate of drug-likeness (QED) is 0.515. The molecule has 0 unspecified atom stereocenters. The Morgan fingerprint density at radius 1 is 1.28 bits per heavy atom. The van der Waals surface area contributed by atoms with Crippen molar-refractivity contribution in [1.82, 2.24) is 5.32 Å². The number of rotatable bonds is 6. The van der Waals surface area contributed by atoms with Crippen molar-refractivity contribution in [1.29, 1.82) is 0 Å². The number of nitrogens with two attached hydrogens (primary N) is 1. The number of carboxylic acid groups (broad SMARTS) is 1. The van der Waals surface area contributed by atoms with Crippen molar-refractivity contribution >= 4 is 23.7 Å². The van der Waals surface area contributed by atoms with Crippen molar-refractivity contribution in [2.45, 2.75) is 32.4 Å². The van der Waals surface area contributed by atoms with Gasteiger partial charge in [-0.3, -0.25) is 0 Å². The normalized spacial score (nSPS) is 12.0. The summed E-state index contributed by atoms with van der Waals surface area (Å²) in [4.78, 5) is 34.3. The van der Waals surface area contributed by atoms with Crippen LogP contribution in [0.3, 0.4) is 0 Å².